The van der Waals surface area contributed by atoms with Crippen LogP contribution >= 0.6 is 0 Å². The van der Waals surface area contributed by atoms with E-state index in [-0.39, 0.29) is 17.3 Å². The van der Waals surface area contributed by atoms with E-state index >= 15 is 0 Å². The summed E-state index contributed by atoms with van der Waals surface area (Å²) < 4.78 is 0. The molecule has 0 aliphatic heterocycles. The zero-order valence-electron chi connectivity index (χ0n) is 7.83. The summed E-state index contributed by atoms with van der Waals surface area (Å²) in [6.07, 6.45) is 4.85. The van der Waals surface area contributed by atoms with E-state index in [9.17, 15) is 9.90 Å². The van der Waals surface area contributed by atoms with Crippen LogP contribution in [0.1, 0.15) is 27.2 Å². The third kappa shape index (κ3) is 1.52. The summed E-state index contributed by atoms with van der Waals surface area (Å²) in [7, 11) is 0. The molecule has 0 N–H and O–H groups in total. The van der Waals surface area contributed by atoms with Gasteiger partial charge in [-0.3, -0.25) is 0 Å². The van der Waals surface area contributed by atoms with Crippen molar-refractivity contribution >= 4 is 5.97 Å². The first kappa shape index (κ1) is 9.30. The van der Waals surface area contributed by atoms with Crippen LogP contribution < -0.4 is 5.11 Å². The van der Waals surface area contributed by atoms with E-state index in [1.165, 1.54) is 0 Å². The summed E-state index contributed by atoms with van der Waals surface area (Å²) >= 11 is 0. The van der Waals surface area contributed by atoms with Crippen molar-refractivity contribution in [2.75, 3.05) is 0 Å². The molecule has 1 rings (SSSR count). The molecule has 1 aliphatic carbocycles. The van der Waals surface area contributed by atoms with Gasteiger partial charge in [0.25, 0.3) is 0 Å². The largest absolute Gasteiger partial charge is 0.550 e. The highest BCUT2D eigenvalue weighted by Gasteiger charge is 2.35. The van der Waals surface area contributed by atoms with Gasteiger partial charge in [0.2, 0.25) is 0 Å². The quantitative estimate of drug-likeness (QED) is 0.546. The summed E-state index contributed by atoms with van der Waals surface area (Å²) in [6.45, 7) is 5.89. The lowest BCUT2D eigenvalue weighted by atomic mass is 9.67. The fourth-order valence-electron chi connectivity index (χ4n) is 2.07. The SMILES string of the molecule is CC1C=CCC(C)(C)C1C(=O)[O-]. The van der Waals surface area contributed by atoms with Crippen molar-refractivity contribution < 1.29 is 9.90 Å². The second-order valence-electron chi connectivity index (χ2n) is 4.28. The molecule has 0 radical (unpaired) electrons. The summed E-state index contributed by atoms with van der Waals surface area (Å²) in [5.74, 6) is -1.17. The van der Waals surface area contributed by atoms with Crippen molar-refractivity contribution in [2.45, 2.75) is 27.2 Å². The Morgan fingerprint density at radius 2 is 2.17 bits per heavy atom. The number of carbonyl (C=O) groups is 1. The Kier molecular flexibility index (Phi) is 2.27. The topological polar surface area (TPSA) is 40.1 Å². The molecule has 0 aromatic rings. The van der Waals surface area contributed by atoms with Crippen molar-refractivity contribution in [1.29, 1.82) is 0 Å². The van der Waals surface area contributed by atoms with Crippen molar-refractivity contribution in [3.8, 4) is 0 Å². The smallest absolute Gasteiger partial charge is 0.0456 e. The third-order valence-electron chi connectivity index (χ3n) is 2.71. The number of aliphatic carboxylic acids is 1. The number of allylic oxidation sites excluding steroid dienone is 2. The molecular weight excluding hydrogens is 152 g/mol. The van der Waals surface area contributed by atoms with Crippen LogP contribution in [0, 0.1) is 17.3 Å². The van der Waals surface area contributed by atoms with E-state index in [2.05, 4.69) is 6.08 Å². The van der Waals surface area contributed by atoms with E-state index in [1.54, 1.807) is 0 Å². The van der Waals surface area contributed by atoms with Crippen LogP contribution in [0.5, 0.6) is 0 Å². The molecule has 2 heteroatoms. The van der Waals surface area contributed by atoms with Gasteiger partial charge in [0, 0.05) is 11.9 Å². The van der Waals surface area contributed by atoms with Crippen molar-refractivity contribution in [2.24, 2.45) is 17.3 Å². The van der Waals surface area contributed by atoms with Gasteiger partial charge >= 0.3 is 0 Å². The Morgan fingerprint density at radius 3 is 2.50 bits per heavy atom. The molecule has 2 unspecified atom stereocenters. The second-order valence-corrected chi connectivity index (χ2v) is 4.28. The van der Waals surface area contributed by atoms with E-state index < -0.39 is 5.97 Å². The van der Waals surface area contributed by atoms with E-state index in [0.29, 0.717) is 0 Å². The van der Waals surface area contributed by atoms with Gasteiger partial charge in [-0.25, -0.2) is 0 Å². The molecule has 0 aromatic heterocycles. The maximum Gasteiger partial charge on any atom is 0.0456 e. The number of hydrogen-bond donors (Lipinski definition) is 0. The van der Waals surface area contributed by atoms with Gasteiger partial charge < -0.3 is 9.90 Å². The average molecular weight is 167 g/mol. The first-order chi connectivity index (χ1) is 5.45. The molecule has 0 saturated carbocycles. The lowest BCUT2D eigenvalue weighted by molar-refractivity contribution is -0.316. The molecular formula is C10H15O2-. The molecule has 2 atom stereocenters. The molecule has 0 amide bonds. The molecule has 12 heavy (non-hydrogen) atoms. The van der Waals surface area contributed by atoms with Gasteiger partial charge in [-0.1, -0.05) is 32.9 Å². The Morgan fingerprint density at radius 1 is 1.58 bits per heavy atom. The van der Waals surface area contributed by atoms with Gasteiger partial charge in [-0.2, -0.15) is 0 Å². The van der Waals surface area contributed by atoms with Crippen molar-refractivity contribution in [3.05, 3.63) is 12.2 Å². The number of carboxylic acid groups (broad SMARTS) is 1. The van der Waals surface area contributed by atoms with Crippen LogP contribution in [0.15, 0.2) is 12.2 Å². The normalized spacial score (nSPS) is 33.2. The third-order valence-corrected chi connectivity index (χ3v) is 2.71. The molecule has 68 valence electrons. The Balaban J connectivity index is 2.92. The van der Waals surface area contributed by atoms with Crippen LogP contribution in [0.4, 0.5) is 0 Å². The van der Waals surface area contributed by atoms with E-state index in [4.69, 9.17) is 0 Å². The van der Waals surface area contributed by atoms with Crippen LogP contribution in [-0.4, -0.2) is 5.97 Å². The van der Waals surface area contributed by atoms with E-state index in [0.717, 1.165) is 6.42 Å². The molecule has 0 aromatic carbocycles. The Labute approximate surface area is 73.3 Å². The van der Waals surface area contributed by atoms with Gasteiger partial charge in [-0.05, 0) is 17.8 Å². The highest BCUT2D eigenvalue weighted by Crippen LogP contribution is 2.39. The standard InChI is InChI=1S/C10H16O2/c1-7-5-4-6-10(2,3)8(7)9(11)12/h4-5,7-8H,6H2,1-3H3,(H,11,12)/p-1. The predicted molar refractivity (Wildman–Crippen MR) is 45.2 cm³/mol. The second kappa shape index (κ2) is 2.92. The predicted octanol–water partition coefficient (Wildman–Crippen LogP) is 0.975. The molecule has 1 aliphatic rings. The van der Waals surface area contributed by atoms with Crippen molar-refractivity contribution in [1.82, 2.24) is 0 Å². The minimum absolute atomic E-state index is 0.0961. The maximum atomic E-state index is 10.8. The summed E-state index contributed by atoms with van der Waals surface area (Å²) in [6, 6.07) is 0. The first-order valence-electron chi connectivity index (χ1n) is 4.32. The minimum atomic E-state index is -0.920. The molecule has 0 spiro atoms. The zero-order valence-corrected chi connectivity index (χ0v) is 7.83. The van der Waals surface area contributed by atoms with Crippen LogP contribution in [0.2, 0.25) is 0 Å². The summed E-state index contributed by atoms with van der Waals surface area (Å²) in [4.78, 5) is 10.8. The van der Waals surface area contributed by atoms with Gasteiger partial charge in [0.05, 0.1) is 0 Å². The van der Waals surface area contributed by atoms with Gasteiger partial charge in [0.15, 0.2) is 0 Å². The monoisotopic (exact) mass is 167 g/mol. The lowest BCUT2D eigenvalue weighted by Crippen LogP contribution is -2.44. The lowest BCUT2D eigenvalue weighted by Gasteiger charge is -2.40. The highest BCUT2D eigenvalue weighted by atomic mass is 16.4. The number of carbonyl (C=O) groups excluding carboxylic acids is 1. The van der Waals surface area contributed by atoms with Crippen LogP contribution in [-0.2, 0) is 4.79 Å². The Bertz CT molecular complexity index is 216. The summed E-state index contributed by atoms with van der Waals surface area (Å²) in [5, 5.41) is 10.8. The maximum absolute atomic E-state index is 10.8. The van der Waals surface area contributed by atoms with Gasteiger partial charge in [0.1, 0.15) is 0 Å². The van der Waals surface area contributed by atoms with E-state index in [1.807, 2.05) is 26.8 Å². The number of rotatable bonds is 1. The zero-order chi connectivity index (χ0) is 9.35. The number of hydrogen-bond acceptors (Lipinski definition) is 2. The van der Waals surface area contributed by atoms with Crippen LogP contribution in [0.3, 0.4) is 0 Å². The fourth-order valence-corrected chi connectivity index (χ4v) is 2.07. The number of carboxylic acids is 1. The first-order valence-corrected chi connectivity index (χ1v) is 4.32. The van der Waals surface area contributed by atoms with Crippen molar-refractivity contribution in [3.63, 3.8) is 0 Å². The van der Waals surface area contributed by atoms with Crippen LogP contribution in [0.25, 0.3) is 0 Å². The Hall–Kier alpha value is -0.790. The molecule has 0 heterocycles. The highest BCUT2D eigenvalue weighted by molar-refractivity contribution is 5.69. The summed E-state index contributed by atoms with van der Waals surface area (Å²) in [5.41, 5.74) is -0.160. The minimum Gasteiger partial charge on any atom is -0.550 e. The molecule has 0 bridgehead atoms. The molecule has 2 nitrogen and oxygen atoms in total. The average Bonchev–Trinajstić information content (AvgIpc) is 1.82. The molecule has 0 fully saturated rings. The van der Waals surface area contributed by atoms with Gasteiger partial charge in [-0.15, -0.1) is 0 Å². The molecule has 0 saturated heterocycles. The fraction of sp³-hybridized carbons (Fsp3) is 0.700.